The summed E-state index contributed by atoms with van der Waals surface area (Å²) in [5.74, 6) is -0.142. The maximum absolute atomic E-state index is 11.7. The number of carbonyl (C=O) groups excluding carboxylic acids is 1. The minimum atomic E-state index is -0.142. The number of hydrogen-bond acceptors (Lipinski definition) is 4. The van der Waals surface area contributed by atoms with Crippen molar-refractivity contribution < 1.29 is 4.79 Å². The molecular formula is C10H14N4O. The minimum Gasteiger partial charge on any atom is -0.347 e. The van der Waals surface area contributed by atoms with Crippen molar-refractivity contribution in [2.75, 3.05) is 13.1 Å². The molecule has 1 aliphatic rings. The van der Waals surface area contributed by atoms with Crippen LogP contribution in [0.3, 0.4) is 0 Å². The zero-order valence-corrected chi connectivity index (χ0v) is 8.66. The number of aryl methyl sites for hydroxylation is 1. The predicted octanol–water partition coefficient (Wildman–Crippen LogP) is -0.123. The van der Waals surface area contributed by atoms with Gasteiger partial charge in [0.2, 0.25) is 0 Å². The van der Waals surface area contributed by atoms with Crippen LogP contribution in [0.15, 0.2) is 12.4 Å². The summed E-state index contributed by atoms with van der Waals surface area (Å²) in [5, 5.41) is 6.10. The highest BCUT2D eigenvalue weighted by Crippen LogP contribution is 2.00. The molecule has 0 aromatic carbocycles. The first-order valence-electron chi connectivity index (χ1n) is 5.06. The maximum Gasteiger partial charge on any atom is 0.271 e. The van der Waals surface area contributed by atoms with Gasteiger partial charge >= 0.3 is 0 Å². The molecule has 0 saturated carbocycles. The van der Waals surface area contributed by atoms with Crippen LogP contribution in [0, 0.1) is 6.92 Å². The SMILES string of the molecule is Cc1cnc(C(=O)NC2CCNC2)cn1. The molecule has 2 heterocycles. The third-order valence-corrected chi connectivity index (χ3v) is 2.41. The smallest absolute Gasteiger partial charge is 0.271 e. The lowest BCUT2D eigenvalue weighted by Crippen LogP contribution is -2.36. The number of nitrogens with zero attached hydrogens (tertiary/aromatic N) is 2. The Morgan fingerprint density at radius 3 is 3.00 bits per heavy atom. The molecule has 0 radical (unpaired) electrons. The zero-order chi connectivity index (χ0) is 10.7. The summed E-state index contributed by atoms with van der Waals surface area (Å²) in [4.78, 5) is 19.7. The van der Waals surface area contributed by atoms with Gasteiger partial charge in [0, 0.05) is 18.8 Å². The maximum atomic E-state index is 11.7. The standard InChI is InChI=1S/C10H14N4O/c1-7-4-13-9(6-12-7)10(15)14-8-2-3-11-5-8/h4,6,8,11H,2-3,5H2,1H3,(H,14,15). The van der Waals surface area contributed by atoms with E-state index in [0.29, 0.717) is 5.69 Å². The van der Waals surface area contributed by atoms with Crippen molar-refractivity contribution in [3.63, 3.8) is 0 Å². The van der Waals surface area contributed by atoms with Crippen molar-refractivity contribution in [3.8, 4) is 0 Å². The fourth-order valence-corrected chi connectivity index (χ4v) is 1.55. The Labute approximate surface area is 88.3 Å². The average molecular weight is 206 g/mol. The Hall–Kier alpha value is -1.49. The van der Waals surface area contributed by atoms with Crippen molar-refractivity contribution in [1.82, 2.24) is 20.6 Å². The molecule has 1 saturated heterocycles. The fraction of sp³-hybridized carbons (Fsp3) is 0.500. The third kappa shape index (κ3) is 2.50. The molecule has 2 N–H and O–H groups in total. The lowest BCUT2D eigenvalue weighted by atomic mass is 10.2. The Balaban J connectivity index is 1.98. The van der Waals surface area contributed by atoms with Crippen LogP contribution in [0.2, 0.25) is 0 Å². The number of nitrogens with one attached hydrogen (secondary N) is 2. The van der Waals surface area contributed by atoms with Crippen molar-refractivity contribution >= 4 is 5.91 Å². The lowest BCUT2D eigenvalue weighted by molar-refractivity contribution is 0.0934. The largest absolute Gasteiger partial charge is 0.347 e. The second kappa shape index (κ2) is 4.35. The van der Waals surface area contributed by atoms with Crippen molar-refractivity contribution in [2.24, 2.45) is 0 Å². The summed E-state index contributed by atoms with van der Waals surface area (Å²) < 4.78 is 0. The summed E-state index contributed by atoms with van der Waals surface area (Å²) >= 11 is 0. The summed E-state index contributed by atoms with van der Waals surface area (Å²) in [7, 11) is 0. The molecular weight excluding hydrogens is 192 g/mol. The van der Waals surface area contributed by atoms with Crippen LogP contribution in [-0.2, 0) is 0 Å². The van der Waals surface area contributed by atoms with Gasteiger partial charge in [-0.3, -0.25) is 9.78 Å². The molecule has 1 unspecified atom stereocenters. The van der Waals surface area contributed by atoms with Gasteiger partial charge in [-0.15, -0.1) is 0 Å². The van der Waals surface area contributed by atoms with Crippen LogP contribution in [0.4, 0.5) is 0 Å². The Morgan fingerprint density at radius 2 is 2.40 bits per heavy atom. The van der Waals surface area contributed by atoms with Gasteiger partial charge < -0.3 is 10.6 Å². The van der Waals surface area contributed by atoms with Gasteiger partial charge in [-0.25, -0.2) is 4.98 Å². The minimum absolute atomic E-state index is 0.142. The molecule has 1 aliphatic heterocycles. The van der Waals surface area contributed by atoms with Gasteiger partial charge in [-0.1, -0.05) is 0 Å². The highest BCUT2D eigenvalue weighted by molar-refractivity contribution is 5.92. The molecule has 1 amide bonds. The molecule has 1 aromatic rings. The van der Waals surface area contributed by atoms with E-state index in [-0.39, 0.29) is 11.9 Å². The van der Waals surface area contributed by atoms with E-state index in [1.807, 2.05) is 6.92 Å². The Bertz CT molecular complexity index is 343. The molecule has 0 aliphatic carbocycles. The van der Waals surface area contributed by atoms with E-state index in [1.54, 1.807) is 6.20 Å². The molecule has 1 fully saturated rings. The highest BCUT2D eigenvalue weighted by Gasteiger charge is 2.18. The highest BCUT2D eigenvalue weighted by atomic mass is 16.1. The van der Waals surface area contributed by atoms with E-state index in [2.05, 4.69) is 20.6 Å². The molecule has 5 nitrogen and oxygen atoms in total. The van der Waals surface area contributed by atoms with Crippen LogP contribution in [-0.4, -0.2) is 35.0 Å². The zero-order valence-electron chi connectivity index (χ0n) is 8.66. The van der Waals surface area contributed by atoms with Gasteiger partial charge in [-0.2, -0.15) is 0 Å². The third-order valence-electron chi connectivity index (χ3n) is 2.41. The second-order valence-electron chi connectivity index (χ2n) is 3.71. The fourth-order valence-electron chi connectivity index (χ4n) is 1.55. The normalized spacial score (nSPS) is 20.2. The van der Waals surface area contributed by atoms with Crippen LogP contribution in [0.25, 0.3) is 0 Å². The Morgan fingerprint density at radius 1 is 1.53 bits per heavy atom. The van der Waals surface area contributed by atoms with Gasteiger partial charge in [-0.05, 0) is 19.9 Å². The Kier molecular flexibility index (Phi) is 2.91. The molecule has 1 atom stereocenters. The van der Waals surface area contributed by atoms with Gasteiger partial charge in [0.05, 0.1) is 11.9 Å². The number of rotatable bonds is 2. The monoisotopic (exact) mass is 206 g/mol. The number of hydrogen-bond donors (Lipinski definition) is 2. The van der Waals surface area contributed by atoms with E-state index in [4.69, 9.17) is 0 Å². The van der Waals surface area contributed by atoms with Crippen molar-refractivity contribution in [1.29, 1.82) is 0 Å². The summed E-state index contributed by atoms with van der Waals surface area (Å²) in [6.45, 7) is 3.64. The first kappa shape index (κ1) is 10.0. The van der Waals surface area contributed by atoms with Gasteiger partial charge in [0.25, 0.3) is 5.91 Å². The molecule has 80 valence electrons. The van der Waals surface area contributed by atoms with Crippen LogP contribution >= 0.6 is 0 Å². The molecule has 1 aromatic heterocycles. The lowest BCUT2D eigenvalue weighted by Gasteiger charge is -2.10. The van der Waals surface area contributed by atoms with Gasteiger partial charge in [0.1, 0.15) is 5.69 Å². The molecule has 2 rings (SSSR count). The molecule has 0 spiro atoms. The van der Waals surface area contributed by atoms with Gasteiger partial charge in [0.15, 0.2) is 0 Å². The molecule has 15 heavy (non-hydrogen) atoms. The quantitative estimate of drug-likeness (QED) is 0.707. The predicted molar refractivity (Wildman–Crippen MR) is 55.5 cm³/mol. The van der Waals surface area contributed by atoms with E-state index in [9.17, 15) is 4.79 Å². The molecule has 5 heteroatoms. The molecule has 0 bridgehead atoms. The van der Waals surface area contributed by atoms with E-state index >= 15 is 0 Å². The van der Waals surface area contributed by atoms with Crippen LogP contribution < -0.4 is 10.6 Å². The van der Waals surface area contributed by atoms with Crippen LogP contribution in [0.5, 0.6) is 0 Å². The summed E-state index contributed by atoms with van der Waals surface area (Å²) in [5.41, 5.74) is 1.20. The van der Waals surface area contributed by atoms with E-state index < -0.39 is 0 Å². The first-order valence-corrected chi connectivity index (χ1v) is 5.06. The summed E-state index contributed by atoms with van der Waals surface area (Å²) in [6, 6.07) is 0.223. The van der Waals surface area contributed by atoms with E-state index in [0.717, 1.165) is 25.2 Å². The van der Waals surface area contributed by atoms with Crippen molar-refractivity contribution in [3.05, 3.63) is 23.8 Å². The van der Waals surface area contributed by atoms with Crippen molar-refractivity contribution in [2.45, 2.75) is 19.4 Å². The van der Waals surface area contributed by atoms with E-state index in [1.165, 1.54) is 6.20 Å². The average Bonchev–Trinajstić information content (AvgIpc) is 2.71. The van der Waals surface area contributed by atoms with Crippen LogP contribution in [0.1, 0.15) is 22.6 Å². The topological polar surface area (TPSA) is 66.9 Å². The number of carbonyl (C=O) groups is 1. The summed E-state index contributed by atoms with van der Waals surface area (Å²) in [6.07, 6.45) is 4.08. The number of amides is 1. The second-order valence-corrected chi connectivity index (χ2v) is 3.71. The first-order chi connectivity index (χ1) is 7.25. The number of aromatic nitrogens is 2.